The van der Waals surface area contributed by atoms with E-state index in [-0.39, 0.29) is 32.2 Å². The molecule has 0 N–H and O–H groups in total. The zero-order valence-electron chi connectivity index (χ0n) is 8.82. The summed E-state index contributed by atoms with van der Waals surface area (Å²) in [6.45, 7) is 11.4. The van der Waals surface area contributed by atoms with E-state index in [0.717, 1.165) is 0 Å². The van der Waals surface area contributed by atoms with Gasteiger partial charge in [0.1, 0.15) is 0 Å². The van der Waals surface area contributed by atoms with Crippen molar-refractivity contribution >= 4 is 24.8 Å². The van der Waals surface area contributed by atoms with Gasteiger partial charge in [-0.1, -0.05) is 7.43 Å². The minimum Gasteiger partial charge on any atom is -0.147 e. The second kappa shape index (κ2) is 6.51. The van der Waals surface area contributed by atoms with Gasteiger partial charge in [-0.2, -0.15) is 0 Å². The van der Waals surface area contributed by atoms with Crippen LogP contribution in [0.15, 0.2) is 20.0 Å². The quantitative estimate of drug-likeness (QED) is 0.610. The number of allylic oxidation sites excluding steroid dienone is 4. The molecule has 0 fully saturated rings. The minimum absolute atomic E-state index is 0. The maximum atomic E-state index is 2.33. The van der Waals surface area contributed by atoms with Crippen molar-refractivity contribution in [2.75, 3.05) is 0 Å². The Morgan fingerprint density at radius 2 is 1.29 bits per heavy atom. The van der Waals surface area contributed by atoms with E-state index in [1.165, 1.54) is 11.1 Å². The van der Waals surface area contributed by atoms with E-state index in [1.54, 1.807) is 33.6 Å². The average Bonchev–Trinajstić information content (AvgIpc) is 2.06. The molecule has 0 spiro atoms. The molecule has 0 bridgehead atoms. The van der Waals surface area contributed by atoms with E-state index in [2.05, 4.69) is 34.6 Å². The van der Waals surface area contributed by atoms with Crippen LogP contribution in [0.5, 0.6) is 0 Å². The molecule has 0 unspecified atom stereocenters. The fourth-order valence-electron chi connectivity index (χ4n) is 1.59. The number of halogens is 2. The Hall–Kier alpha value is 0.943. The summed E-state index contributed by atoms with van der Waals surface area (Å²) >= 11 is 1.57. The van der Waals surface area contributed by atoms with Crippen molar-refractivity contribution < 1.29 is 24.7 Å². The summed E-state index contributed by atoms with van der Waals surface area (Å²) in [5.41, 5.74) is 4.96. The third kappa shape index (κ3) is 2.97. The molecule has 14 heavy (non-hydrogen) atoms. The van der Waals surface area contributed by atoms with Crippen LogP contribution in [-0.2, 0) is 24.7 Å². The van der Waals surface area contributed by atoms with Gasteiger partial charge in [-0.05, 0) is 0 Å². The van der Waals surface area contributed by atoms with Crippen molar-refractivity contribution in [1.29, 1.82) is 0 Å². The molecular weight excluding hydrogens is 294 g/mol. The Labute approximate surface area is 116 Å². The normalized spacial score (nSPS) is 18.3. The second-order valence-corrected chi connectivity index (χ2v) is 5.10. The maximum absolute atomic E-state index is 2.33. The molecule has 0 saturated heterocycles. The van der Waals surface area contributed by atoms with Gasteiger partial charge in [-0.25, -0.2) is 0 Å². The summed E-state index contributed by atoms with van der Waals surface area (Å²) in [4.78, 5) is 0. The Balaban J connectivity index is -0.000000403. The third-order valence-electron chi connectivity index (χ3n) is 3.06. The molecule has 1 aliphatic rings. The Bertz CT molecular complexity index is 236. The van der Waals surface area contributed by atoms with E-state index >= 15 is 0 Å². The topological polar surface area (TPSA) is 0 Å². The number of hydrogen-bond donors (Lipinski definition) is 0. The van der Waals surface area contributed by atoms with Gasteiger partial charge >= 0.3 is 84.8 Å². The molecule has 0 heterocycles. The van der Waals surface area contributed by atoms with E-state index in [4.69, 9.17) is 0 Å². The molecule has 0 radical (unpaired) electrons. The van der Waals surface area contributed by atoms with Gasteiger partial charge in [-0.3, -0.25) is 0 Å². The molecule has 0 aromatic rings. The van der Waals surface area contributed by atoms with Gasteiger partial charge in [0.05, 0.1) is 0 Å². The van der Waals surface area contributed by atoms with Gasteiger partial charge in [0.2, 0.25) is 0 Å². The summed E-state index contributed by atoms with van der Waals surface area (Å²) < 4.78 is 1.62. The van der Waals surface area contributed by atoms with Crippen LogP contribution in [0.3, 0.4) is 0 Å². The zero-order valence-corrected chi connectivity index (χ0v) is 12.9. The number of hydrogen-bond acceptors (Lipinski definition) is 0. The summed E-state index contributed by atoms with van der Waals surface area (Å²) in [5.74, 6) is 0. The SMILES string of the molecule is C.CC1=C(C)C(C)(C)[C]([Zr])=C1C.Cl.Cl. The van der Waals surface area contributed by atoms with E-state index in [0.29, 0.717) is 5.41 Å². The van der Waals surface area contributed by atoms with E-state index in [1.807, 2.05) is 0 Å². The summed E-state index contributed by atoms with van der Waals surface area (Å²) in [6.07, 6.45) is 0. The Morgan fingerprint density at radius 1 is 0.929 bits per heavy atom. The first-order chi connectivity index (χ1) is 4.89. The molecule has 83 valence electrons. The first kappa shape index (κ1) is 20.4. The molecule has 0 aliphatic heterocycles. The Kier molecular flexibility index (Phi) is 9.47. The molecule has 0 aromatic carbocycles. The fourth-order valence-corrected chi connectivity index (χ4v) is 2.52. The predicted molar refractivity (Wildman–Crippen MR) is 66.1 cm³/mol. The molecule has 0 atom stereocenters. The van der Waals surface area contributed by atoms with Crippen LogP contribution < -0.4 is 0 Å². The van der Waals surface area contributed by atoms with E-state index in [9.17, 15) is 0 Å². The predicted octanol–water partition coefficient (Wildman–Crippen LogP) is 4.66. The van der Waals surface area contributed by atoms with Gasteiger partial charge in [0, 0.05) is 0 Å². The largest absolute Gasteiger partial charge is 0.147 e. The van der Waals surface area contributed by atoms with Crippen molar-refractivity contribution in [3.05, 3.63) is 20.0 Å². The molecular formula is C11H21Cl2Zr. The van der Waals surface area contributed by atoms with Gasteiger partial charge in [0.15, 0.2) is 0 Å². The van der Waals surface area contributed by atoms with E-state index < -0.39 is 0 Å². The molecule has 1 aliphatic carbocycles. The van der Waals surface area contributed by atoms with Crippen LogP contribution in [0.4, 0.5) is 0 Å². The van der Waals surface area contributed by atoms with Crippen LogP contribution in [0, 0.1) is 5.41 Å². The van der Waals surface area contributed by atoms with Gasteiger partial charge in [-0.15, -0.1) is 24.8 Å². The summed E-state index contributed by atoms with van der Waals surface area (Å²) in [5, 5.41) is 0. The third-order valence-corrected chi connectivity index (χ3v) is 5.52. The molecule has 0 aromatic heterocycles. The van der Waals surface area contributed by atoms with Gasteiger partial charge < -0.3 is 0 Å². The first-order valence-electron chi connectivity index (χ1n) is 4.00. The Morgan fingerprint density at radius 3 is 1.36 bits per heavy atom. The molecule has 0 amide bonds. The van der Waals surface area contributed by atoms with Crippen molar-refractivity contribution in [1.82, 2.24) is 0 Å². The maximum Gasteiger partial charge on any atom is -0.147 e. The first-order valence-corrected chi connectivity index (χ1v) is 5.23. The standard InChI is InChI=1S/C10H15.CH4.2ClH.Zr/c1-7-6-10(4,5)9(3)8(7)2;;;;/h1-5H3;1H4;2*1H;. The van der Waals surface area contributed by atoms with Crippen molar-refractivity contribution in [3.8, 4) is 0 Å². The van der Waals surface area contributed by atoms with Crippen LogP contribution in [-0.4, -0.2) is 0 Å². The van der Waals surface area contributed by atoms with Crippen LogP contribution >= 0.6 is 24.8 Å². The molecule has 3 heteroatoms. The molecule has 0 saturated carbocycles. The zero-order chi connectivity index (χ0) is 8.81. The van der Waals surface area contributed by atoms with Gasteiger partial charge in [0.25, 0.3) is 0 Å². The fraction of sp³-hybridized carbons (Fsp3) is 0.636. The summed E-state index contributed by atoms with van der Waals surface area (Å²) in [7, 11) is 0. The smallest absolute Gasteiger partial charge is 0.147 e. The second-order valence-electron chi connectivity index (χ2n) is 3.88. The minimum atomic E-state index is 0. The van der Waals surface area contributed by atoms with Crippen LogP contribution in [0.2, 0.25) is 0 Å². The van der Waals surface area contributed by atoms with Crippen molar-refractivity contribution in [2.45, 2.75) is 42.0 Å². The number of rotatable bonds is 0. The molecule has 1 rings (SSSR count). The van der Waals surface area contributed by atoms with Crippen molar-refractivity contribution in [2.24, 2.45) is 5.41 Å². The van der Waals surface area contributed by atoms with Crippen molar-refractivity contribution in [3.63, 3.8) is 0 Å². The monoisotopic (exact) mass is 313 g/mol. The average molecular weight is 315 g/mol. The summed E-state index contributed by atoms with van der Waals surface area (Å²) in [6, 6.07) is 0. The van der Waals surface area contributed by atoms with Crippen LogP contribution in [0.1, 0.15) is 42.0 Å². The molecule has 0 nitrogen and oxygen atoms in total. The van der Waals surface area contributed by atoms with Crippen LogP contribution in [0.25, 0.3) is 0 Å².